The molecule has 0 atom stereocenters. The second kappa shape index (κ2) is 9.15. The van der Waals surface area contributed by atoms with Gasteiger partial charge in [0.25, 0.3) is 0 Å². The zero-order valence-corrected chi connectivity index (χ0v) is 14.8. The summed E-state index contributed by atoms with van der Waals surface area (Å²) in [5.74, 6) is -0.0594. The first kappa shape index (κ1) is 18.9. The number of para-hydroxylation sites is 1. The summed E-state index contributed by atoms with van der Waals surface area (Å²) in [6.07, 6.45) is 1.57. The van der Waals surface area contributed by atoms with Crippen LogP contribution in [0.3, 0.4) is 0 Å². The van der Waals surface area contributed by atoms with Crippen molar-refractivity contribution in [3.63, 3.8) is 0 Å². The topological polar surface area (TPSA) is 59.3 Å². The number of hydrogen-bond acceptors (Lipinski definition) is 4. The second-order valence-corrected chi connectivity index (χ2v) is 5.79. The molecule has 138 valence electrons. The van der Waals surface area contributed by atoms with Crippen LogP contribution in [-0.4, -0.2) is 12.6 Å². The number of hydrogen-bond donors (Lipinski definition) is 0. The molecule has 5 heteroatoms. The van der Waals surface area contributed by atoms with Crippen molar-refractivity contribution in [2.75, 3.05) is 6.61 Å². The lowest BCUT2D eigenvalue weighted by Crippen LogP contribution is -2.17. The highest BCUT2D eigenvalue weighted by Crippen LogP contribution is 2.22. The van der Waals surface area contributed by atoms with E-state index < -0.39 is 11.8 Å². The lowest BCUT2D eigenvalue weighted by molar-refractivity contribution is -0.136. The molecule has 3 aromatic rings. The summed E-state index contributed by atoms with van der Waals surface area (Å²) in [4.78, 5) is 11.9. The zero-order valence-electron chi connectivity index (χ0n) is 14.8. The van der Waals surface area contributed by atoms with Crippen LogP contribution in [0.4, 0.5) is 4.39 Å². The number of allylic oxidation sites excluding steroid dienone is 1. The van der Waals surface area contributed by atoms with Crippen LogP contribution in [0, 0.1) is 17.1 Å². The first-order valence-electron chi connectivity index (χ1n) is 8.51. The van der Waals surface area contributed by atoms with Crippen molar-refractivity contribution in [3.8, 4) is 17.6 Å². The Hall–Kier alpha value is -3.91. The fourth-order valence-corrected chi connectivity index (χ4v) is 2.47. The van der Waals surface area contributed by atoms with Crippen LogP contribution >= 0.6 is 0 Å². The molecule has 0 aliphatic rings. The molecule has 0 fully saturated rings. The molecular formula is C23H16FNO3. The monoisotopic (exact) mass is 373 g/mol. The van der Waals surface area contributed by atoms with Gasteiger partial charge in [-0.15, -0.1) is 0 Å². The summed E-state index contributed by atoms with van der Waals surface area (Å²) in [6, 6.07) is 23.6. The minimum Gasteiger partial charge on any atom is -0.482 e. The maximum atomic E-state index is 13.9. The Bertz CT molecular complexity index is 1020. The van der Waals surface area contributed by atoms with Crippen molar-refractivity contribution in [2.45, 2.75) is 0 Å². The number of nitriles is 1. The SMILES string of the molecule is N#C/C(=C/c1ccc(OC(=O)COc2ccccc2)cc1)c1ccccc1F. The van der Waals surface area contributed by atoms with E-state index in [0.717, 1.165) is 0 Å². The Morgan fingerprint density at radius 1 is 0.929 bits per heavy atom. The third kappa shape index (κ3) is 5.05. The summed E-state index contributed by atoms with van der Waals surface area (Å²) in [6.45, 7) is -0.211. The molecule has 0 heterocycles. The lowest BCUT2D eigenvalue weighted by Gasteiger charge is -2.07. The maximum absolute atomic E-state index is 13.9. The number of nitrogens with zero attached hydrogens (tertiary/aromatic N) is 1. The van der Waals surface area contributed by atoms with Gasteiger partial charge in [0.15, 0.2) is 6.61 Å². The Kier molecular flexibility index (Phi) is 6.17. The van der Waals surface area contributed by atoms with Crippen molar-refractivity contribution >= 4 is 17.6 Å². The van der Waals surface area contributed by atoms with Gasteiger partial charge in [0.1, 0.15) is 17.3 Å². The number of halogens is 1. The van der Waals surface area contributed by atoms with Crippen LogP contribution in [0.2, 0.25) is 0 Å². The average Bonchev–Trinajstić information content (AvgIpc) is 2.73. The molecule has 0 aliphatic heterocycles. The normalized spacial score (nSPS) is 10.8. The van der Waals surface area contributed by atoms with Crippen molar-refractivity contribution in [2.24, 2.45) is 0 Å². The number of ether oxygens (including phenoxy) is 2. The van der Waals surface area contributed by atoms with Crippen molar-refractivity contribution in [3.05, 3.63) is 95.8 Å². The molecular weight excluding hydrogens is 357 g/mol. The molecule has 0 saturated carbocycles. The summed E-state index contributed by atoms with van der Waals surface area (Å²) in [5, 5.41) is 9.32. The van der Waals surface area contributed by atoms with Crippen molar-refractivity contribution < 1.29 is 18.7 Å². The number of carbonyl (C=O) groups is 1. The van der Waals surface area contributed by atoms with Gasteiger partial charge in [0, 0.05) is 5.56 Å². The fraction of sp³-hybridized carbons (Fsp3) is 0.0435. The molecule has 3 aromatic carbocycles. The predicted octanol–water partition coefficient (Wildman–Crippen LogP) is 4.87. The van der Waals surface area contributed by atoms with Crippen LogP contribution in [0.5, 0.6) is 11.5 Å². The van der Waals surface area contributed by atoms with E-state index in [9.17, 15) is 14.4 Å². The first-order chi connectivity index (χ1) is 13.7. The third-order valence-electron chi connectivity index (χ3n) is 3.81. The van der Waals surface area contributed by atoms with Crippen LogP contribution in [0.1, 0.15) is 11.1 Å². The highest BCUT2D eigenvalue weighted by Gasteiger charge is 2.08. The van der Waals surface area contributed by atoms with E-state index in [1.165, 1.54) is 6.07 Å². The number of benzene rings is 3. The van der Waals surface area contributed by atoms with Crippen molar-refractivity contribution in [1.29, 1.82) is 5.26 Å². The van der Waals surface area contributed by atoms with Crippen LogP contribution < -0.4 is 9.47 Å². The summed E-state index contributed by atoms with van der Waals surface area (Å²) < 4.78 is 24.4. The van der Waals surface area contributed by atoms with E-state index in [0.29, 0.717) is 17.1 Å². The summed E-state index contributed by atoms with van der Waals surface area (Å²) >= 11 is 0. The van der Waals surface area contributed by atoms with Crippen LogP contribution in [0.25, 0.3) is 11.6 Å². The predicted molar refractivity (Wildman–Crippen MR) is 104 cm³/mol. The first-order valence-corrected chi connectivity index (χ1v) is 8.51. The van der Waals surface area contributed by atoms with E-state index in [1.54, 1.807) is 60.7 Å². The molecule has 0 unspecified atom stereocenters. The van der Waals surface area contributed by atoms with Gasteiger partial charge in [0.05, 0.1) is 11.6 Å². The quantitative estimate of drug-likeness (QED) is 0.268. The lowest BCUT2D eigenvalue weighted by atomic mass is 10.0. The zero-order chi connectivity index (χ0) is 19.8. The van der Waals surface area contributed by atoms with Crippen LogP contribution in [0.15, 0.2) is 78.9 Å². The Balaban J connectivity index is 1.64. The molecule has 0 aliphatic carbocycles. The van der Waals surface area contributed by atoms with E-state index in [-0.39, 0.29) is 17.7 Å². The van der Waals surface area contributed by atoms with Crippen LogP contribution in [-0.2, 0) is 4.79 Å². The Morgan fingerprint density at radius 3 is 2.29 bits per heavy atom. The van der Waals surface area contributed by atoms with E-state index in [2.05, 4.69) is 0 Å². The van der Waals surface area contributed by atoms with Gasteiger partial charge >= 0.3 is 5.97 Å². The molecule has 0 amide bonds. The van der Waals surface area contributed by atoms with Gasteiger partial charge in [-0.05, 0) is 42.0 Å². The molecule has 28 heavy (non-hydrogen) atoms. The van der Waals surface area contributed by atoms with E-state index in [4.69, 9.17) is 9.47 Å². The van der Waals surface area contributed by atoms with Gasteiger partial charge in [-0.3, -0.25) is 0 Å². The van der Waals surface area contributed by atoms with Crippen molar-refractivity contribution in [1.82, 2.24) is 0 Å². The Morgan fingerprint density at radius 2 is 1.61 bits per heavy atom. The van der Waals surface area contributed by atoms with Gasteiger partial charge in [-0.1, -0.05) is 48.5 Å². The maximum Gasteiger partial charge on any atom is 0.349 e. The van der Waals surface area contributed by atoms with Gasteiger partial charge < -0.3 is 9.47 Å². The Labute approximate surface area is 162 Å². The number of rotatable bonds is 6. The molecule has 0 spiro atoms. The average molecular weight is 373 g/mol. The highest BCUT2D eigenvalue weighted by atomic mass is 19.1. The molecule has 0 saturated heterocycles. The van der Waals surface area contributed by atoms with E-state index >= 15 is 0 Å². The number of esters is 1. The molecule has 0 aromatic heterocycles. The molecule has 0 radical (unpaired) electrons. The number of carbonyl (C=O) groups excluding carboxylic acids is 1. The minimum absolute atomic E-state index is 0.208. The highest BCUT2D eigenvalue weighted by molar-refractivity contribution is 5.89. The fourth-order valence-electron chi connectivity index (χ4n) is 2.47. The largest absolute Gasteiger partial charge is 0.482 e. The van der Waals surface area contributed by atoms with Gasteiger partial charge in [0.2, 0.25) is 0 Å². The molecule has 0 N–H and O–H groups in total. The third-order valence-corrected chi connectivity index (χ3v) is 3.81. The minimum atomic E-state index is -0.531. The smallest absolute Gasteiger partial charge is 0.349 e. The van der Waals surface area contributed by atoms with Gasteiger partial charge in [-0.25, -0.2) is 9.18 Å². The standard InChI is InChI=1S/C23H16FNO3/c24-22-9-5-4-8-21(22)18(15-25)14-17-10-12-20(13-11-17)28-23(26)16-27-19-6-2-1-3-7-19/h1-14H,16H2/b18-14-. The summed E-state index contributed by atoms with van der Waals surface area (Å²) in [7, 11) is 0. The molecule has 4 nitrogen and oxygen atoms in total. The van der Waals surface area contributed by atoms with Gasteiger partial charge in [-0.2, -0.15) is 5.26 Å². The molecule has 0 bridgehead atoms. The van der Waals surface area contributed by atoms with E-state index in [1.807, 2.05) is 24.3 Å². The molecule has 3 rings (SSSR count). The second-order valence-electron chi connectivity index (χ2n) is 5.79. The summed E-state index contributed by atoms with van der Waals surface area (Å²) in [5.41, 5.74) is 1.12.